The zero-order chi connectivity index (χ0) is 17.5. The maximum absolute atomic E-state index is 11.8. The van der Waals surface area contributed by atoms with Gasteiger partial charge in [0.05, 0.1) is 0 Å². The molecule has 25 heavy (non-hydrogen) atoms. The minimum atomic E-state index is 0.211. The first kappa shape index (κ1) is 18.0. The van der Waals surface area contributed by atoms with Crippen LogP contribution in [0.2, 0.25) is 0 Å². The largest absolute Gasteiger partial charge is 0.367 e. The monoisotopic (exact) mass is 345 g/mol. The lowest BCUT2D eigenvalue weighted by Crippen LogP contribution is -2.35. The van der Waals surface area contributed by atoms with E-state index in [0.717, 1.165) is 63.4 Å². The van der Waals surface area contributed by atoms with E-state index in [4.69, 9.17) is 0 Å². The number of anilines is 2. The zero-order valence-electron chi connectivity index (χ0n) is 15.3. The zero-order valence-corrected chi connectivity index (χ0v) is 15.3. The highest BCUT2D eigenvalue weighted by atomic mass is 16.1. The van der Waals surface area contributed by atoms with Crippen molar-refractivity contribution in [1.29, 1.82) is 0 Å². The Morgan fingerprint density at radius 3 is 2.76 bits per heavy atom. The van der Waals surface area contributed by atoms with Crippen LogP contribution in [0.25, 0.3) is 0 Å². The van der Waals surface area contributed by atoms with Crippen molar-refractivity contribution in [3.63, 3.8) is 0 Å². The Morgan fingerprint density at radius 2 is 2.04 bits per heavy atom. The fraction of sp³-hybridized carbons (Fsp3) is 0.737. The summed E-state index contributed by atoms with van der Waals surface area (Å²) in [5, 5.41) is 6.45. The molecule has 1 aromatic heterocycles. The van der Waals surface area contributed by atoms with Gasteiger partial charge in [0.2, 0.25) is 5.91 Å². The van der Waals surface area contributed by atoms with Crippen LogP contribution >= 0.6 is 0 Å². The van der Waals surface area contributed by atoms with Crippen molar-refractivity contribution in [2.45, 2.75) is 64.3 Å². The van der Waals surface area contributed by atoms with Crippen molar-refractivity contribution in [3.8, 4) is 0 Å². The number of nitrogens with zero attached hydrogens (tertiary/aromatic N) is 3. The maximum atomic E-state index is 11.8. The lowest BCUT2D eigenvalue weighted by molar-refractivity contribution is -0.121. The van der Waals surface area contributed by atoms with Crippen molar-refractivity contribution in [2.24, 2.45) is 5.92 Å². The quantitative estimate of drug-likeness (QED) is 0.673. The Kier molecular flexibility index (Phi) is 6.48. The van der Waals surface area contributed by atoms with Gasteiger partial charge in [0, 0.05) is 38.2 Å². The topological polar surface area (TPSA) is 70.2 Å². The van der Waals surface area contributed by atoms with Gasteiger partial charge in [0.25, 0.3) is 0 Å². The van der Waals surface area contributed by atoms with Gasteiger partial charge < -0.3 is 15.5 Å². The van der Waals surface area contributed by atoms with Crippen LogP contribution in [0.5, 0.6) is 0 Å². The van der Waals surface area contributed by atoms with Crippen LogP contribution in [0.3, 0.4) is 0 Å². The molecule has 0 radical (unpaired) electrons. The molecule has 0 atom stereocenters. The highest BCUT2D eigenvalue weighted by Gasteiger charge is 2.23. The molecule has 6 heteroatoms. The molecule has 1 aliphatic heterocycles. The molecule has 0 spiro atoms. The second-order valence-electron chi connectivity index (χ2n) is 7.35. The van der Waals surface area contributed by atoms with Gasteiger partial charge >= 0.3 is 0 Å². The molecular weight excluding hydrogens is 314 g/mol. The normalized spacial score (nSPS) is 18.2. The summed E-state index contributed by atoms with van der Waals surface area (Å²) in [5.74, 6) is 2.83. The Balaban J connectivity index is 1.39. The number of aromatic nitrogens is 2. The molecule has 2 fully saturated rings. The van der Waals surface area contributed by atoms with Crippen LogP contribution in [0.1, 0.15) is 58.3 Å². The van der Waals surface area contributed by atoms with E-state index in [-0.39, 0.29) is 5.91 Å². The van der Waals surface area contributed by atoms with E-state index >= 15 is 0 Å². The minimum absolute atomic E-state index is 0.211. The molecule has 2 heterocycles. The fourth-order valence-electron chi connectivity index (χ4n) is 3.31. The van der Waals surface area contributed by atoms with E-state index < -0.39 is 0 Å². The molecule has 1 saturated heterocycles. The van der Waals surface area contributed by atoms with E-state index in [1.54, 1.807) is 6.33 Å². The SMILES string of the molecule is CCCCNC(=O)CCC1CCN(c2cc(NC3CC3)ncn2)CC1. The molecule has 1 aliphatic carbocycles. The predicted molar refractivity (Wildman–Crippen MR) is 101 cm³/mol. The number of piperidine rings is 1. The number of unbranched alkanes of at least 4 members (excludes halogenated alkanes) is 1. The molecule has 1 amide bonds. The van der Waals surface area contributed by atoms with Crippen LogP contribution in [0, 0.1) is 5.92 Å². The minimum Gasteiger partial charge on any atom is -0.367 e. The second kappa shape index (κ2) is 9.02. The highest BCUT2D eigenvalue weighted by Crippen LogP contribution is 2.27. The Labute approximate surface area is 150 Å². The lowest BCUT2D eigenvalue weighted by atomic mass is 9.92. The average molecular weight is 345 g/mol. The van der Waals surface area contributed by atoms with Crippen molar-refractivity contribution >= 4 is 17.5 Å². The summed E-state index contributed by atoms with van der Waals surface area (Å²) < 4.78 is 0. The third-order valence-corrected chi connectivity index (χ3v) is 5.15. The van der Waals surface area contributed by atoms with E-state index in [2.05, 4.69) is 38.5 Å². The van der Waals surface area contributed by atoms with Gasteiger partial charge in [-0.1, -0.05) is 13.3 Å². The summed E-state index contributed by atoms with van der Waals surface area (Å²) in [6, 6.07) is 2.68. The number of hydrogen-bond acceptors (Lipinski definition) is 5. The Bertz CT molecular complexity index is 553. The molecule has 2 N–H and O–H groups in total. The smallest absolute Gasteiger partial charge is 0.220 e. The molecule has 2 aliphatic rings. The third kappa shape index (κ3) is 5.87. The molecule has 6 nitrogen and oxygen atoms in total. The summed E-state index contributed by atoms with van der Waals surface area (Å²) in [7, 11) is 0. The molecule has 1 aromatic rings. The number of carbonyl (C=O) groups excluding carboxylic acids is 1. The maximum Gasteiger partial charge on any atom is 0.220 e. The summed E-state index contributed by atoms with van der Waals surface area (Å²) in [5.41, 5.74) is 0. The molecule has 0 unspecified atom stereocenters. The van der Waals surface area contributed by atoms with Crippen molar-refractivity contribution in [3.05, 3.63) is 12.4 Å². The van der Waals surface area contributed by atoms with Crippen molar-refractivity contribution in [1.82, 2.24) is 15.3 Å². The van der Waals surface area contributed by atoms with Crippen LogP contribution in [0.4, 0.5) is 11.6 Å². The molecule has 0 aromatic carbocycles. The summed E-state index contributed by atoms with van der Waals surface area (Å²) in [6.07, 6.45) is 10.3. The van der Waals surface area contributed by atoms with Gasteiger partial charge in [-0.3, -0.25) is 4.79 Å². The number of amides is 1. The molecular formula is C19H31N5O. The predicted octanol–water partition coefficient (Wildman–Crippen LogP) is 2.96. The molecule has 1 saturated carbocycles. The van der Waals surface area contributed by atoms with E-state index in [9.17, 15) is 4.79 Å². The Hall–Kier alpha value is -1.85. The second-order valence-corrected chi connectivity index (χ2v) is 7.35. The summed E-state index contributed by atoms with van der Waals surface area (Å²) in [4.78, 5) is 22.9. The van der Waals surface area contributed by atoms with E-state index in [1.165, 1.54) is 12.8 Å². The van der Waals surface area contributed by atoms with E-state index in [1.807, 2.05) is 0 Å². The highest BCUT2D eigenvalue weighted by molar-refractivity contribution is 5.75. The first-order valence-corrected chi connectivity index (χ1v) is 9.85. The van der Waals surface area contributed by atoms with E-state index in [0.29, 0.717) is 18.4 Å². The van der Waals surface area contributed by atoms with Crippen molar-refractivity contribution in [2.75, 3.05) is 29.9 Å². The number of nitrogens with one attached hydrogen (secondary N) is 2. The first-order chi connectivity index (χ1) is 12.2. The Morgan fingerprint density at radius 1 is 1.24 bits per heavy atom. The first-order valence-electron chi connectivity index (χ1n) is 9.85. The number of hydrogen-bond donors (Lipinski definition) is 2. The summed E-state index contributed by atoms with van der Waals surface area (Å²) >= 11 is 0. The van der Waals surface area contributed by atoms with Crippen molar-refractivity contribution < 1.29 is 4.79 Å². The van der Waals surface area contributed by atoms with Crippen LogP contribution in [-0.2, 0) is 4.79 Å². The fourth-order valence-corrected chi connectivity index (χ4v) is 3.31. The third-order valence-electron chi connectivity index (χ3n) is 5.15. The van der Waals surface area contributed by atoms with Gasteiger partial charge in [-0.2, -0.15) is 0 Å². The molecule has 3 rings (SSSR count). The van der Waals surface area contributed by atoms with Gasteiger partial charge in [-0.15, -0.1) is 0 Å². The standard InChI is InChI=1S/C19H31N5O/c1-2-3-10-20-19(25)7-4-15-8-11-24(12-9-15)18-13-17(21-14-22-18)23-16-5-6-16/h13-16H,2-12H2,1H3,(H,20,25)(H,21,22,23). The van der Waals surface area contributed by atoms with Gasteiger partial charge in [-0.25, -0.2) is 9.97 Å². The van der Waals surface area contributed by atoms with Crippen LogP contribution in [0.15, 0.2) is 12.4 Å². The van der Waals surface area contributed by atoms with Gasteiger partial charge in [0.15, 0.2) is 0 Å². The lowest BCUT2D eigenvalue weighted by Gasteiger charge is -2.32. The van der Waals surface area contributed by atoms with Crippen LogP contribution in [-0.4, -0.2) is 41.6 Å². The number of rotatable bonds is 9. The molecule has 138 valence electrons. The van der Waals surface area contributed by atoms with Gasteiger partial charge in [0.1, 0.15) is 18.0 Å². The number of carbonyl (C=O) groups is 1. The van der Waals surface area contributed by atoms with Crippen LogP contribution < -0.4 is 15.5 Å². The van der Waals surface area contributed by atoms with Gasteiger partial charge in [-0.05, 0) is 44.4 Å². The molecule has 0 bridgehead atoms. The average Bonchev–Trinajstić information content (AvgIpc) is 3.45. The summed E-state index contributed by atoms with van der Waals surface area (Å²) in [6.45, 7) is 4.99.